The van der Waals surface area contributed by atoms with Gasteiger partial charge in [-0.1, -0.05) is 17.7 Å². The Labute approximate surface area is 182 Å². The van der Waals surface area contributed by atoms with Crippen molar-refractivity contribution in [3.8, 4) is 0 Å². The third-order valence-electron chi connectivity index (χ3n) is 5.09. The lowest BCUT2D eigenvalue weighted by atomic mass is 9.91. The van der Waals surface area contributed by atoms with Crippen molar-refractivity contribution in [1.29, 1.82) is 0 Å². The second-order valence-corrected chi connectivity index (χ2v) is 9.28. The fourth-order valence-corrected chi connectivity index (χ4v) is 3.92. The van der Waals surface area contributed by atoms with Crippen molar-refractivity contribution < 1.29 is 14.3 Å². The lowest BCUT2D eigenvalue weighted by Gasteiger charge is -2.29. The molecule has 1 aliphatic carbocycles. The maximum absolute atomic E-state index is 12.3. The average molecular weight is 436 g/mol. The van der Waals surface area contributed by atoms with Gasteiger partial charge < -0.3 is 20.3 Å². The van der Waals surface area contributed by atoms with Crippen LogP contribution in [0.2, 0.25) is 5.02 Å². The zero-order chi connectivity index (χ0) is 21.9. The molecule has 1 aromatic rings. The summed E-state index contributed by atoms with van der Waals surface area (Å²) < 4.78 is 5.44. The second kappa shape index (κ2) is 9.20. The first-order valence-electron chi connectivity index (χ1n) is 10.3. The SMILES string of the molecule is CC(=O)NC1CCC(Nc2ncc(Cl)c(C3=CCN(C(=O)OC(C)(C)C)C3)n2)CC1. The van der Waals surface area contributed by atoms with Gasteiger partial charge in [0.15, 0.2) is 0 Å². The van der Waals surface area contributed by atoms with Crippen molar-refractivity contribution in [3.63, 3.8) is 0 Å². The predicted molar refractivity (Wildman–Crippen MR) is 116 cm³/mol. The Morgan fingerprint density at radius 1 is 1.20 bits per heavy atom. The normalized spacial score (nSPS) is 21.8. The lowest BCUT2D eigenvalue weighted by molar-refractivity contribution is -0.119. The molecule has 9 heteroatoms. The van der Waals surface area contributed by atoms with Gasteiger partial charge in [-0.15, -0.1) is 0 Å². The molecule has 2 N–H and O–H groups in total. The molecule has 1 aliphatic heterocycles. The summed E-state index contributed by atoms with van der Waals surface area (Å²) in [5, 5.41) is 6.82. The van der Waals surface area contributed by atoms with E-state index in [9.17, 15) is 9.59 Å². The van der Waals surface area contributed by atoms with Gasteiger partial charge in [-0.05, 0) is 52.0 Å². The number of halogens is 1. The van der Waals surface area contributed by atoms with Crippen molar-refractivity contribution in [3.05, 3.63) is 23.0 Å². The standard InChI is InChI=1S/C21H30ClN5O3/c1-13(28)24-15-5-7-16(8-6-15)25-19-23-11-17(22)18(26-19)14-9-10-27(12-14)20(29)30-21(2,3)4/h9,11,15-16H,5-8,10,12H2,1-4H3,(H,24,28)(H,23,25,26). The predicted octanol–water partition coefficient (Wildman–Crippen LogP) is 3.62. The number of rotatable bonds is 4. The summed E-state index contributed by atoms with van der Waals surface area (Å²) in [7, 11) is 0. The fourth-order valence-electron chi connectivity index (χ4n) is 3.71. The number of anilines is 1. The molecule has 3 rings (SSSR count). The van der Waals surface area contributed by atoms with E-state index in [-0.39, 0.29) is 24.1 Å². The number of hydrogen-bond acceptors (Lipinski definition) is 6. The van der Waals surface area contributed by atoms with Crippen LogP contribution in [0.5, 0.6) is 0 Å². The number of ether oxygens (including phenoxy) is 1. The van der Waals surface area contributed by atoms with Gasteiger partial charge in [0, 0.05) is 25.6 Å². The van der Waals surface area contributed by atoms with E-state index in [1.54, 1.807) is 18.0 Å². The zero-order valence-electron chi connectivity index (χ0n) is 18.0. The van der Waals surface area contributed by atoms with E-state index in [0.717, 1.165) is 31.3 Å². The molecule has 0 spiro atoms. The molecule has 0 saturated heterocycles. The smallest absolute Gasteiger partial charge is 0.410 e. The van der Waals surface area contributed by atoms with Crippen LogP contribution in [-0.4, -0.2) is 57.6 Å². The fraction of sp³-hybridized carbons (Fsp3) is 0.619. The van der Waals surface area contributed by atoms with E-state index in [1.807, 2.05) is 26.8 Å². The number of carbonyl (C=O) groups excluding carboxylic acids is 2. The van der Waals surface area contributed by atoms with Crippen LogP contribution in [0.25, 0.3) is 5.57 Å². The van der Waals surface area contributed by atoms with Crippen LogP contribution in [0.4, 0.5) is 10.7 Å². The molecule has 2 heterocycles. The van der Waals surface area contributed by atoms with Crippen LogP contribution in [0.3, 0.4) is 0 Å². The maximum Gasteiger partial charge on any atom is 0.410 e. The molecule has 30 heavy (non-hydrogen) atoms. The van der Waals surface area contributed by atoms with Gasteiger partial charge in [0.1, 0.15) is 5.60 Å². The third-order valence-corrected chi connectivity index (χ3v) is 5.36. The molecule has 0 atom stereocenters. The number of aromatic nitrogens is 2. The average Bonchev–Trinajstić information content (AvgIpc) is 3.13. The van der Waals surface area contributed by atoms with Crippen molar-refractivity contribution in [2.24, 2.45) is 0 Å². The van der Waals surface area contributed by atoms with E-state index >= 15 is 0 Å². The Bertz CT molecular complexity index is 828. The van der Waals surface area contributed by atoms with Crippen molar-refractivity contribution in [2.75, 3.05) is 18.4 Å². The maximum atomic E-state index is 12.3. The van der Waals surface area contributed by atoms with Crippen molar-refractivity contribution >= 4 is 35.1 Å². The quantitative estimate of drug-likeness (QED) is 0.749. The van der Waals surface area contributed by atoms with Crippen molar-refractivity contribution in [1.82, 2.24) is 20.2 Å². The third kappa shape index (κ3) is 6.08. The number of hydrogen-bond donors (Lipinski definition) is 2. The molecule has 2 amide bonds. The zero-order valence-corrected chi connectivity index (χ0v) is 18.8. The molecule has 0 radical (unpaired) electrons. The van der Waals surface area contributed by atoms with Crippen LogP contribution >= 0.6 is 11.6 Å². The Hall–Kier alpha value is -2.35. The van der Waals surface area contributed by atoms with Gasteiger partial charge in [-0.25, -0.2) is 14.8 Å². The molecule has 1 fully saturated rings. The monoisotopic (exact) mass is 435 g/mol. The Morgan fingerprint density at radius 2 is 1.87 bits per heavy atom. The van der Waals surface area contributed by atoms with E-state index in [1.165, 1.54) is 0 Å². The molecule has 2 aliphatic rings. The molecular formula is C21H30ClN5O3. The number of carbonyl (C=O) groups is 2. The second-order valence-electron chi connectivity index (χ2n) is 8.87. The Morgan fingerprint density at radius 3 is 2.50 bits per heavy atom. The number of nitrogens with one attached hydrogen (secondary N) is 2. The summed E-state index contributed by atoms with van der Waals surface area (Å²) in [6.07, 6.45) is 6.89. The number of amides is 2. The van der Waals surface area contributed by atoms with Crippen LogP contribution in [0.1, 0.15) is 59.1 Å². The molecule has 0 unspecified atom stereocenters. The lowest BCUT2D eigenvalue weighted by Crippen LogP contribution is -2.39. The van der Waals surface area contributed by atoms with E-state index in [2.05, 4.69) is 20.6 Å². The Balaban J connectivity index is 1.60. The minimum Gasteiger partial charge on any atom is -0.444 e. The van der Waals surface area contributed by atoms with E-state index in [0.29, 0.717) is 29.8 Å². The topological polar surface area (TPSA) is 96.5 Å². The molecule has 0 bridgehead atoms. The molecule has 0 aromatic carbocycles. The summed E-state index contributed by atoms with van der Waals surface area (Å²) in [5.41, 5.74) is 0.973. The van der Waals surface area contributed by atoms with Gasteiger partial charge in [0.05, 0.1) is 23.5 Å². The highest BCUT2D eigenvalue weighted by Gasteiger charge is 2.28. The summed E-state index contributed by atoms with van der Waals surface area (Å²) in [6, 6.07) is 0.490. The first-order valence-corrected chi connectivity index (χ1v) is 10.7. The van der Waals surface area contributed by atoms with Crippen LogP contribution in [0.15, 0.2) is 12.3 Å². The van der Waals surface area contributed by atoms with Gasteiger partial charge >= 0.3 is 6.09 Å². The van der Waals surface area contributed by atoms with Gasteiger partial charge in [-0.2, -0.15) is 0 Å². The summed E-state index contributed by atoms with van der Waals surface area (Å²) in [4.78, 5) is 34.1. The van der Waals surface area contributed by atoms with Gasteiger partial charge in [0.25, 0.3) is 0 Å². The van der Waals surface area contributed by atoms with Crippen molar-refractivity contribution in [2.45, 2.75) is 71.1 Å². The Kier molecular flexibility index (Phi) is 6.85. The van der Waals surface area contributed by atoms with Crippen LogP contribution in [-0.2, 0) is 9.53 Å². The highest BCUT2D eigenvalue weighted by Crippen LogP contribution is 2.28. The largest absolute Gasteiger partial charge is 0.444 e. The van der Waals surface area contributed by atoms with Crippen LogP contribution in [0, 0.1) is 0 Å². The molecule has 164 valence electrons. The minimum atomic E-state index is -0.539. The number of nitrogens with zero attached hydrogens (tertiary/aromatic N) is 3. The van der Waals surface area contributed by atoms with Crippen LogP contribution < -0.4 is 10.6 Å². The molecule has 1 aromatic heterocycles. The summed E-state index contributed by atoms with van der Waals surface area (Å²) in [6.45, 7) is 7.94. The van der Waals surface area contributed by atoms with Gasteiger partial charge in [-0.3, -0.25) is 4.79 Å². The molecule has 8 nitrogen and oxygen atoms in total. The highest BCUT2D eigenvalue weighted by atomic mass is 35.5. The summed E-state index contributed by atoms with van der Waals surface area (Å²) in [5.74, 6) is 0.538. The van der Waals surface area contributed by atoms with E-state index < -0.39 is 5.60 Å². The molecule has 1 saturated carbocycles. The highest BCUT2D eigenvalue weighted by molar-refractivity contribution is 6.32. The van der Waals surface area contributed by atoms with E-state index in [4.69, 9.17) is 16.3 Å². The minimum absolute atomic E-state index is 0.0161. The first kappa shape index (κ1) is 22.3. The summed E-state index contributed by atoms with van der Waals surface area (Å²) >= 11 is 6.35. The molecular weight excluding hydrogens is 406 g/mol. The first-order chi connectivity index (χ1) is 14.1. The van der Waals surface area contributed by atoms with Gasteiger partial charge in [0.2, 0.25) is 11.9 Å².